The van der Waals surface area contributed by atoms with Crippen LogP contribution in [0.4, 0.5) is 132 Å². The van der Waals surface area contributed by atoms with Crippen LogP contribution in [0.3, 0.4) is 0 Å². The van der Waals surface area contributed by atoms with Gasteiger partial charge in [0.05, 0.1) is 11.3 Å². The highest BCUT2D eigenvalue weighted by atomic mass is 19.5. The van der Waals surface area contributed by atoms with E-state index in [2.05, 4.69) is 62.3 Å². The number of alkyl halides is 30. The van der Waals surface area contributed by atoms with Crippen LogP contribution < -0.4 is 0 Å². The van der Waals surface area contributed by atoms with Crippen molar-refractivity contribution in [2.45, 2.75) is 373 Å². The fourth-order valence-corrected chi connectivity index (χ4v) is 2.47. The van der Waals surface area contributed by atoms with Gasteiger partial charge in [0, 0.05) is 30.1 Å². The molecule has 0 heterocycles. The molecule has 3 atom stereocenters. The lowest BCUT2D eigenvalue weighted by Crippen LogP contribution is -2.44. The van der Waals surface area contributed by atoms with Gasteiger partial charge in [-0.05, 0) is 50.3 Å². The zero-order chi connectivity index (χ0) is 86.2. The van der Waals surface area contributed by atoms with Gasteiger partial charge in [0.1, 0.15) is 5.92 Å². The van der Waals surface area contributed by atoms with Gasteiger partial charge < -0.3 is 0 Å². The van der Waals surface area contributed by atoms with Crippen molar-refractivity contribution in [3.63, 3.8) is 0 Å². The summed E-state index contributed by atoms with van der Waals surface area (Å²) in [5.74, 6) is -7.73. The van der Waals surface area contributed by atoms with Gasteiger partial charge in [-0.2, -0.15) is 132 Å². The van der Waals surface area contributed by atoms with Gasteiger partial charge in [0.15, 0.2) is 5.41 Å². The van der Waals surface area contributed by atoms with Crippen LogP contribution in [0, 0.1) is 58.1 Å². The summed E-state index contributed by atoms with van der Waals surface area (Å²) < 4.78 is 371. The first-order chi connectivity index (χ1) is 43.1. The number of hydrogen-bond donors (Lipinski definition) is 0. The summed E-state index contributed by atoms with van der Waals surface area (Å²) in [6.07, 6.45) is -38.5. The second kappa shape index (κ2) is 67.4. The van der Waals surface area contributed by atoms with E-state index in [-0.39, 0.29) is 38.0 Å². The molecular weight excluding hydrogens is 1360 g/mol. The van der Waals surface area contributed by atoms with E-state index in [1.165, 1.54) is 52.4 Å². The van der Waals surface area contributed by atoms with Gasteiger partial charge in [0.2, 0.25) is 0 Å². The van der Waals surface area contributed by atoms with Crippen LogP contribution in [0.15, 0.2) is 0 Å². The molecule has 0 saturated carbocycles. The fourth-order valence-electron chi connectivity index (χ4n) is 2.47. The van der Waals surface area contributed by atoms with Crippen molar-refractivity contribution in [1.82, 2.24) is 0 Å². The maximum absolute atomic E-state index is 11.6. The molecule has 0 fully saturated rings. The first kappa shape index (κ1) is 118. The lowest BCUT2D eigenvalue weighted by atomic mass is 9.92. The summed E-state index contributed by atoms with van der Waals surface area (Å²) in [4.78, 5) is 0. The highest BCUT2D eigenvalue weighted by Crippen LogP contribution is 2.49. The summed E-state index contributed by atoms with van der Waals surface area (Å²) in [7, 11) is 0. The Balaban J connectivity index is -0.0000000604. The Bertz CT molecular complexity index is 1530. The van der Waals surface area contributed by atoms with Crippen molar-refractivity contribution < 1.29 is 137 Å². The minimum Gasteiger partial charge on any atom is -0.171 e. The molecule has 0 aromatic carbocycles. The van der Waals surface area contributed by atoms with Gasteiger partial charge in [-0.15, -0.1) is 0 Å². The van der Waals surface area contributed by atoms with Crippen LogP contribution >= 0.6 is 0 Å². The average Bonchev–Trinajstić information content (AvgIpc) is 0.796. The van der Waals surface area contributed by atoms with Crippen molar-refractivity contribution in [3.8, 4) is 0 Å². The van der Waals surface area contributed by atoms with Crippen molar-refractivity contribution in [1.29, 1.82) is 0 Å². The maximum atomic E-state index is 11.6. The summed E-state index contributed by atoms with van der Waals surface area (Å²) in [5.41, 5.74) is -5.19. The molecule has 0 spiro atoms. The third kappa shape index (κ3) is 128. The van der Waals surface area contributed by atoms with Crippen molar-refractivity contribution in [3.05, 3.63) is 0 Å². The Morgan fingerprint density at radius 2 is 0.521 bits per heavy atom. The van der Waals surface area contributed by atoms with Gasteiger partial charge in [-0.3, -0.25) is 0 Å². The normalized spacial score (nSPS) is 13.8. The van der Waals surface area contributed by atoms with Crippen LogP contribution in [-0.2, 0) is 0 Å². The van der Waals surface area contributed by atoms with E-state index in [4.69, 9.17) is 5.48 Å². The maximum Gasteiger partial charge on any atom is 0.402 e. The SMILES string of the molecule is CC.CC(C)(C(F)(F)F)C(F)(F)F.CC(C)(C)C(F)(F)F.CC(C)C.CC(C)C(F)(F)F.CCC.CCC(C(F)(F)F)C(F)(F)F.CCC(C)C(F)(F)F.CCCC.CCCCC.CC[C@H](C)CC(F)(F)F.CC[C@H](C)CC(F)(F)F.[2H]C(C)(C)C.[2H]C(C)(C)C(F)(F)F.[2H]C([2H])(C)CC. The Morgan fingerprint density at radius 1 is 0.323 bits per heavy atom. The summed E-state index contributed by atoms with van der Waals surface area (Å²) in [5, 5.41) is 0. The molecule has 0 aromatic heterocycles. The Morgan fingerprint density at radius 3 is 0.531 bits per heavy atom. The average molecular weight is 1500 g/mol. The zero-order valence-electron chi connectivity index (χ0n) is 67.5. The number of unbranched alkanes of at least 4 members (excludes halogenated alkanes) is 3. The number of halogens is 30. The number of rotatable bonds is 10. The summed E-state index contributed by atoms with van der Waals surface area (Å²) in [6.45, 7) is 50.3. The van der Waals surface area contributed by atoms with E-state index in [1.807, 2.05) is 41.5 Å². The van der Waals surface area contributed by atoms with Crippen molar-refractivity contribution >= 4 is 0 Å². The van der Waals surface area contributed by atoms with Gasteiger partial charge in [0.25, 0.3) is 0 Å². The molecule has 606 valence electrons. The molecule has 0 N–H and O–H groups in total. The van der Waals surface area contributed by atoms with Crippen LogP contribution in [0.1, 0.15) is 317 Å². The van der Waals surface area contributed by atoms with Crippen LogP contribution in [-0.4, -0.2) is 61.8 Å². The van der Waals surface area contributed by atoms with Crippen LogP contribution in [0.25, 0.3) is 0 Å². The first-order valence-corrected chi connectivity index (χ1v) is 31.7. The predicted molar refractivity (Wildman–Crippen MR) is 340 cm³/mol. The topological polar surface area (TPSA) is 0 Å². The van der Waals surface area contributed by atoms with Crippen LogP contribution in [0.5, 0.6) is 0 Å². The predicted octanol–water partition coefficient (Wildman–Crippen LogP) is 33.4. The van der Waals surface area contributed by atoms with E-state index in [1.54, 1.807) is 34.6 Å². The second-order valence-electron chi connectivity index (χ2n) is 24.1. The van der Waals surface area contributed by atoms with Gasteiger partial charge in [-0.25, -0.2) is 0 Å². The minimum absolute atomic E-state index is 0.104. The van der Waals surface area contributed by atoms with Crippen molar-refractivity contribution in [2.24, 2.45) is 58.1 Å². The minimum atomic E-state index is -5.24. The smallest absolute Gasteiger partial charge is 0.171 e. The molecule has 0 aliphatic rings. The van der Waals surface area contributed by atoms with Crippen LogP contribution in [0.2, 0.25) is 0 Å². The highest BCUT2D eigenvalue weighted by Gasteiger charge is 2.64. The number of hydrogen-bond acceptors (Lipinski definition) is 0. The molecule has 0 aromatic rings. The lowest BCUT2D eigenvalue weighted by molar-refractivity contribution is -0.327. The quantitative estimate of drug-likeness (QED) is 0.191. The summed E-state index contributed by atoms with van der Waals surface area (Å²) in [6, 6.07) is 0. The third-order valence-corrected chi connectivity index (χ3v) is 9.97. The molecule has 0 nitrogen and oxygen atoms in total. The third-order valence-electron chi connectivity index (χ3n) is 9.97. The van der Waals surface area contributed by atoms with Crippen molar-refractivity contribution in [2.75, 3.05) is 0 Å². The van der Waals surface area contributed by atoms with E-state index >= 15 is 0 Å². The highest BCUT2D eigenvalue weighted by molar-refractivity contribution is 4.84. The van der Waals surface area contributed by atoms with E-state index in [0.29, 0.717) is 19.3 Å². The molecule has 0 aliphatic carbocycles. The Labute approximate surface area is 567 Å². The molecular formula is C66H132F30. The molecule has 0 saturated heterocycles. The monoisotopic (exact) mass is 1500 g/mol. The van der Waals surface area contributed by atoms with E-state index in [9.17, 15) is 132 Å². The fraction of sp³-hybridized carbons (Fsp3) is 1.00. The molecule has 0 aliphatic heterocycles. The molecule has 96 heavy (non-hydrogen) atoms. The standard InChI is InChI=1S/2C6H11F3.2C5H6F6.2C5H9F3.C5H12.2C4H7F3.4C4H10.C3H8.C2H6/c2*1-3-5(2)4-6(7,8)9;1-3(2,4(6,7)8)5(9,10)11;1-2-3(4(6,7)8)5(9,10)11;1-4(2,3)5(6,7)8;1-3-4(2)5(6,7)8;1-3-5-4-2;2*1-3(2)4(5,6)7;2*1-4(2)3;2*1-3-4-2;1-3-2;1-2/h2*5H,3-4H2,1-2H3;1-2H3;3H,2H2,1H3;1-3H3;4H,3H2,1-2H3;3-5H2,1-2H3;2*3H,1-2H3;2*4H,1-3H3;2*3-4H2,1-2H3;3H2,1-2H3;1-2H3/t2*5-;;;;;;;;;;;;;/m00............./s1/i;;;;;;;3D;;4D;;3D2;;;. The molecule has 1 unspecified atom stereocenters. The zero-order valence-corrected chi connectivity index (χ0v) is 63.5. The molecule has 30 heteroatoms. The molecule has 0 bridgehead atoms. The Hall–Kier alpha value is -2.10. The molecule has 0 radical (unpaired) electrons. The Kier molecular flexibility index (Phi) is 82.8. The molecule has 0 rings (SSSR count). The summed E-state index contributed by atoms with van der Waals surface area (Å²) >= 11 is 0. The largest absolute Gasteiger partial charge is 0.402 e. The van der Waals surface area contributed by atoms with E-state index < -0.39 is 122 Å². The first-order valence-electron chi connectivity index (χ1n) is 33.7. The second-order valence-corrected chi connectivity index (χ2v) is 24.1. The van der Waals surface area contributed by atoms with Gasteiger partial charge in [-0.1, -0.05) is 272 Å². The molecule has 0 amide bonds. The van der Waals surface area contributed by atoms with Gasteiger partial charge >= 0.3 is 61.8 Å². The lowest BCUT2D eigenvalue weighted by Gasteiger charge is -2.29. The van der Waals surface area contributed by atoms with E-state index in [0.717, 1.165) is 61.3 Å².